The number of nitrogens with zero attached hydrogens (tertiary/aromatic N) is 3. The normalized spacial score (nSPS) is 15.4. The van der Waals surface area contributed by atoms with E-state index in [1.807, 2.05) is 0 Å². The Bertz CT molecular complexity index is 1020. The van der Waals surface area contributed by atoms with Crippen LogP contribution >= 0.6 is 0 Å². The van der Waals surface area contributed by atoms with Crippen molar-refractivity contribution in [2.24, 2.45) is 0 Å². The van der Waals surface area contributed by atoms with Gasteiger partial charge in [-0.1, -0.05) is 5.16 Å². The smallest absolute Gasteiger partial charge is 0.339 e. The van der Waals surface area contributed by atoms with E-state index in [1.54, 1.807) is 17.0 Å². The molecule has 0 spiro atoms. The number of carbonyl (C=O) groups is 1. The molecule has 1 aliphatic heterocycles. The summed E-state index contributed by atoms with van der Waals surface area (Å²) in [6.45, 7) is 0.859. The number of benzene rings is 2. The molecule has 0 aliphatic carbocycles. The number of halogens is 4. The van der Waals surface area contributed by atoms with E-state index in [0.717, 1.165) is 12.1 Å². The molecule has 0 unspecified atom stereocenters. The van der Waals surface area contributed by atoms with Gasteiger partial charge in [-0.3, -0.25) is 4.79 Å². The summed E-state index contributed by atoms with van der Waals surface area (Å²) in [4.78, 5) is 18.6. The third kappa shape index (κ3) is 4.19. The molecule has 9 heteroatoms. The lowest BCUT2D eigenvalue weighted by Crippen LogP contribution is -2.38. The number of piperidine rings is 1. The monoisotopic (exact) mass is 419 g/mol. The van der Waals surface area contributed by atoms with E-state index < -0.39 is 11.7 Å². The van der Waals surface area contributed by atoms with Gasteiger partial charge in [-0.25, -0.2) is 4.39 Å². The molecule has 1 fully saturated rings. The summed E-state index contributed by atoms with van der Waals surface area (Å²) in [7, 11) is 0. The van der Waals surface area contributed by atoms with Crippen LogP contribution in [0.1, 0.15) is 40.6 Å². The van der Waals surface area contributed by atoms with Gasteiger partial charge in [0.05, 0.1) is 5.56 Å². The highest BCUT2D eigenvalue weighted by Crippen LogP contribution is 2.31. The first-order valence-electron chi connectivity index (χ1n) is 9.37. The van der Waals surface area contributed by atoms with E-state index >= 15 is 0 Å². The van der Waals surface area contributed by atoms with Gasteiger partial charge in [-0.05, 0) is 61.4 Å². The lowest BCUT2D eigenvalue weighted by atomic mass is 9.96. The Morgan fingerprint density at radius 1 is 1.00 bits per heavy atom. The number of hydrogen-bond acceptors (Lipinski definition) is 4. The minimum Gasteiger partial charge on any atom is -0.339 e. The predicted molar refractivity (Wildman–Crippen MR) is 99.0 cm³/mol. The third-order valence-electron chi connectivity index (χ3n) is 5.13. The van der Waals surface area contributed by atoms with Crippen molar-refractivity contribution in [3.05, 3.63) is 71.4 Å². The van der Waals surface area contributed by atoms with Gasteiger partial charge in [0.25, 0.3) is 5.91 Å². The maximum absolute atomic E-state index is 13.0. The summed E-state index contributed by atoms with van der Waals surface area (Å²) in [5, 5.41) is 3.94. The number of aromatic nitrogens is 2. The molecule has 3 aromatic rings. The first-order valence-corrected chi connectivity index (χ1v) is 9.37. The van der Waals surface area contributed by atoms with Crippen LogP contribution in [-0.4, -0.2) is 34.0 Å². The van der Waals surface area contributed by atoms with Crippen LogP contribution < -0.4 is 0 Å². The van der Waals surface area contributed by atoms with Gasteiger partial charge >= 0.3 is 6.18 Å². The molecule has 1 saturated heterocycles. The number of amides is 1. The predicted octanol–water partition coefficient (Wildman–Crippen LogP) is 4.91. The van der Waals surface area contributed by atoms with E-state index in [2.05, 4.69) is 10.1 Å². The molecule has 1 amide bonds. The fourth-order valence-electron chi connectivity index (χ4n) is 3.43. The molecule has 30 heavy (non-hydrogen) atoms. The number of likely N-dealkylation sites (tertiary alicyclic amines) is 1. The SMILES string of the molecule is O=C(c1ccc(C(F)(F)F)cc1)N1CCC(c2nc(-c3ccc(F)cc3)no2)CC1. The van der Waals surface area contributed by atoms with E-state index in [0.29, 0.717) is 43.2 Å². The van der Waals surface area contributed by atoms with E-state index in [-0.39, 0.29) is 23.2 Å². The molecular weight excluding hydrogens is 402 g/mol. The quantitative estimate of drug-likeness (QED) is 0.566. The Balaban J connectivity index is 1.38. The van der Waals surface area contributed by atoms with Crippen LogP contribution in [-0.2, 0) is 6.18 Å². The zero-order valence-electron chi connectivity index (χ0n) is 15.7. The van der Waals surface area contributed by atoms with Crippen molar-refractivity contribution in [2.45, 2.75) is 24.9 Å². The van der Waals surface area contributed by atoms with Gasteiger partial charge in [-0.15, -0.1) is 0 Å². The highest BCUT2D eigenvalue weighted by atomic mass is 19.4. The lowest BCUT2D eigenvalue weighted by Gasteiger charge is -2.30. The van der Waals surface area contributed by atoms with Crippen LogP contribution in [0.3, 0.4) is 0 Å². The molecule has 0 radical (unpaired) electrons. The molecule has 1 aliphatic rings. The second-order valence-electron chi connectivity index (χ2n) is 7.10. The van der Waals surface area contributed by atoms with Gasteiger partial charge < -0.3 is 9.42 Å². The molecule has 0 saturated carbocycles. The lowest BCUT2D eigenvalue weighted by molar-refractivity contribution is -0.137. The second kappa shape index (κ2) is 7.89. The minimum atomic E-state index is -4.43. The van der Waals surface area contributed by atoms with Crippen molar-refractivity contribution in [1.29, 1.82) is 0 Å². The Morgan fingerprint density at radius 3 is 2.23 bits per heavy atom. The van der Waals surface area contributed by atoms with E-state index in [9.17, 15) is 22.4 Å². The Labute approximate surface area is 169 Å². The molecule has 1 aromatic heterocycles. The number of carbonyl (C=O) groups excluding carboxylic acids is 1. The zero-order valence-corrected chi connectivity index (χ0v) is 15.7. The average molecular weight is 419 g/mol. The van der Waals surface area contributed by atoms with E-state index in [1.165, 1.54) is 24.3 Å². The summed E-state index contributed by atoms with van der Waals surface area (Å²) < 4.78 is 56.4. The fraction of sp³-hybridized carbons (Fsp3) is 0.286. The van der Waals surface area contributed by atoms with Crippen molar-refractivity contribution in [3.63, 3.8) is 0 Å². The summed E-state index contributed by atoms with van der Waals surface area (Å²) >= 11 is 0. The Hall–Kier alpha value is -3.23. The summed E-state index contributed by atoms with van der Waals surface area (Å²) in [6, 6.07) is 9.98. The van der Waals surface area contributed by atoms with Crippen molar-refractivity contribution in [2.75, 3.05) is 13.1 Å². The van der Waals surface area contributed by atoms with Crippen LogP contribution in [0.4, 0.5) is 17.6 Å². The topological polar surface area (TPSA) is 59.2 Å². The number of rotatable bonds is 3. The van der Waals surface area contributed by atoms with Gasteiger partial charge in [0.2, 0.25) is 11.7 Å². The molecule has 156 valence electrons. The Morgan fingerprint density at radius 2 is 1.63 bits per heavy atom. The molecule has 0 atom stereocenters. The second-order valence-corrected chi connectivity index (χ2v) is 7.10. The highest BCUT2D eigenvalue weighted by molar-refractivity contribution is 5.94. The molecular formula is C21H17F4N3O2. The van der Waals surface area contributed by atoms with Gasteiger partial charge in [0.1, 0.15) is 5.82 Å². The van der Waals surface area contributed by atoms with Crippen molar-refractivity contribution < 1.29 is 26.9 Å². The fourth-order valence-corrected chi connectivity index (χ4v) is 3.43. The van der Waals surface area contributed by atoms with Crippen molar-refractivity contribution >= 4 is 5.91 Å². The van der Waals surface area contributed by atoms with Crippen LogP contribution in [0.15, 0.2) is 53.1 Å². The number of alkyl halides is 3. The molecule has 4 rings (SSSR count). The molecule has 0 N–H and O–H groups in total. The third-order valence-corrected chi connectivity index (χ3v) is 5.13. The van der Waals surface area contributed by atoms with Crippen LogP contribution in [0.25, 0.3) is 11.4 Å². The number of hydrogen-bond donors (Lipinski definition) is 0. The minimum absolute atomic E-state index is 0.0247. The molecule has 5 nitrogen and oxygen atoms in total. The van der Waals surface area contributed by atoms with Crippen LogP contribution in [0.5, 0.6) is 0 Å². The van der Waals surface area contributed by atoms with Crippen molar-refractivity contribution in [3.8, 4) is 11.4 Å². The van der Waals surface area contributed by atoms with Crippen molar-refractivity contribution in [1.82, 2.24) is 15.0 Å². The van der Waals surface area contributed by atoms with Gasteiger partial charge in [0, 0.05) is 30.1 Å². The zero-order chi connectivity index (χ0) is 21.3. The molecule has 0 bridgehead atoms. The average Bonchev–Trinajstić information content (AvgIpc) is 3.24. The van der Waals surface area contributed by atoms with Crippen LogP contribution in [0.2, 0.25) is 0 Å². The standard InChI is InChI=1S/C21H17F4N3O2/c22-17-7-3-13(4-8-17)18-26-19(30-27-18)14-9-11-28(12-10-14)20(29)15-1-5-16(6-2-15)21(23,24)25/h1-8,14H,9-12H2. The largest absolute Gasteiger partial charge is 0.416 e. The molecule has 2 aromatic carbocycles. The first kappa shape index (κ1) is 20.1. The van der Waals surface area contributed by atoms with E-state index in [4.69, 9.17) is 4.52 Å². The van der Waals surface area contributed by atoms with Gasteiger partial charge in [0.15, 0.2) is 0 Å². The van der Waals surface area contributed by atoms with Gasteiger partial charge in [-0.2, -0.15) is 18.2 Å². The summed E-state index contributed by atoms with van der Waals surface area (Å²) in [5.74, 6) is 0.139. The maximum atomic E-state index is 13.0. The maximum Gasteiger partial charge on any atom is 0.416 e. The molecule has 2 heterocycles. The summed E-state index contributed by atoms with van der Waals surface area (Å²) in [5.41, 5.74) is 0.0743. The Kier molecular flexibility index (Phi) is 5.27. The van der Waals surface area contributed by atoms with Crippen LogP contribution in [0, 0.1) is 5.82 Å². The highest BCUT2D eigenvalue weighted by Gasteiger charge is 2.31. The summed E-state index contributed by atoms with van der Waals surface area (Å²) in [6.07, 6.45) is -3.24. The first-order chi connectivity index (χ1) is 14.3.